The van der Waals surface area contributed by atoms with E-state index in [-0.39, 0.29) is 40.3 Å². The number of anilines is 1. The highest BCUT2D eigenvalue weighted by Gasteiger charge is 2.27. The molecule has 1 N–H and O–H groups in total. The lowest BCUT2D eigenvalue weighted by molar-refractivity contribution is -0.113. The lowest BCUT2D eigenvalue weighted by Crippen LogP contribution is -2.16. The third-order valence-corrected chi connectivity index (χ3v) is 5.93. The van der Waals surface area contributed by atoms with Crippen LogP contribution in [0.25, 0.3) is 0 Å². The van der Waals surface area contributed by atoms with Gasteiger partial charge < -0.3 is 19.4 Å². The van der Waals surface area contributed by atoms with Gasteiger partial charge >= 0.3 is 11.9 Å². The van der Waals surface area contributed by atoms with Gasteiger partial charge in [0, 0.05) is 7.05 Å². The Kier molecular flexibility index (Phi) is 7.58. The summed E-state index contributed by atoms with van der Waals surface area (Å²) in [5, 5.41) is 11.5. The van der Waals surface area contributed by atoms with E-state index >= 15 is 0 Å². The van der Waals surface area contributed by atoms with E-state index in [2.05, 4.69) is 15.5 Å². The number of hydrogen-bond donors (Lipinski definition) is 1. The molecule has 0 atom stereocenters. The lowest BCUT2D eigenvalue weighted by Gasteiger charge is -2.07. The molecule has 0 radical (unpaired) electrons. The largest absolute Gasteiger partial charge is 0.462 e. The third-order valence-electron chi connectivity index (χ3n) is 3.73. The molecule has 0 aliphatic heterocycles. The van der Waals surface area contributed by atoms with Gasteiger partial charge in [-0.25, -0.2) is 9.59 Å². The number of carbonyl (C=O) groups excluding carboxylic acids is 3. The summed E-state index contributed by atoms with van der Waals surface area (Å²) in [6, 6.07) is 0. The summed E-state index contributed by atoms with van der Waals surface area (Å²) < 4.78 is 11.9. The summed E-state index contributed by atoms with van der Waals surface area (Å²) in [5.74, 6) is -0.674. The lowest BCUT2D eigenvalue weighted by atomic mass is 10.1. The molecule has 0 bridgehead atoms. The molecular weight excluding hydrogens is 404 g/mol. The molecule has 2 heterocycles. The smallest absolute Gasteiger partial charge is 0.348 e. The van der Waals surface area contributed by atoms with Gasteiger partial charge in [0.15, 0.2) is 5.16 Å². The molecule has 152 valence electrons. The number of esters is 2. The first-order valence-electron chi connectivity index (χ1n) is 8.56. The van der Waals surface area contributed by atoms with Crippen molar-refractivity contribution in [3.05, 3.63) is 21.8 Å². The number of rotatable bonds is 8. The second kappa shape index (κ2) is 9.69. The summed E-state index contributed by atoms with van der Waals surface area (Å²) in [6.45, 7) is 7.21. The zero-order valence-corrected chi connectivity index (χ0v) is 18.0. The predicted molar refractivity (Wildman–Crippen MR) is 106 cm³/mol. The van der Waals surface area contributed by atoms with Crippen molar-refractivity contribution in [2.24, 2.45) is 7.05 Å². The van der Waals surface area contributed by atoms with Gasteiger partial charge in [-0.3, -0.25) is 4.79 Å². The zero-order valence-electron chi connectivity index (χ0n) is 16.3. The summed E-state index contributed by atoms with van der Waals surface area (Å²) in [7, 11) is 1.81. The quantitative estimate of drug-likeness (QED) is 0.506. The van der Waals surface area contributed by atoms with Crippen molar-refractivity contribution in [2.45, 2.75) is 32.9 Å². The Hall–Kier alpha value is -2.40. The maximum absolute atomic E-state index is 12.4. The Morgan fingerprint density at radius 1 is 1.11 bits per heavy atom. The number of nitrogens with one attached hydrogen (secondary N) is 1. The monoisotopic (exact) mass is 426 g/mol. The minimum absolute atomic E-state index is 0.0694. The molecule has 0 aliphatic carbocycles. The van der Waals surface area contributed by atoms with E-state index in [1.807, 2.05) is 14.0 Å². The molecule has 0 saturated carbocycles. The van der Waals surface area contributed by atoms with Gasteiger partial charge in [-0.2, -0.15) is 0 Å². The highest BCUT2D eigenvalue weighted by molar-refractivity contribution is 7.99. The first-order chi connectivity index (χ1) is 13.3. The van der Waals surface area contributed by atoms with Crippen LogP contribution in [0, 0.1) is 13.8 Å². The first kappa shape index (κ1) is 21.9. The Bertz CT molecular complexity index is 890. The van der Waals surface area contributed by atoms with Gasteiger partial charge in [0.2, 0.25) is 5.91 Å². The normalized spacial score (nSPS) is 10.6. The van der Waals surface area contributed by atoms with Crippen molar-refractivity contribution in [1.82, 2.24) is 14.8 Å². The number of aromatic nitrogens is 3. The average molecular weight is 427 g/mol. The van der Waals surface area contributed by atoms with Gasteiger partial charge in [0.25, 0.3) is 0 Å². The van der Waals surface area contributed by atoms with E-state index in [4.69, 9.17) is 9.47 Å². The summed E-state index contributed by atoms with van der Waals surface area (Å²) in [5.41, 5.74) is 0.594. The minimum Gasteiger partial charge on any atom is -0.462 e. The summed E-state index contributed by atoms with van der Waals surface area (Å²) >= 11 is 2.22. The van der Waals surface area contributed by atoms with Crippen molar-refractivity contribution in [1.29, 1.82) is 0 Å². The zero-order chi connectivity index (χ0) is 20.8. The van der Waals surface area contributed by atoms with E-state index in [1.165, 1.54) is 11.8 Å². The molecule has 9 nitrogen and oxygen atoms in total. The molecular formula is C17H22N4O5S2. The van der Waals surface area contributed by atoms with Crippen LogP contribution < -0.4 is 5.32 Å². The summed E-state index contributed by atoms with van der Waals surface area (Å²) in [6.07, 6.45) is 0. The fraction of sp³-hybridized carbons (Fsp3) is 0.471. The van der Waals surface area contributed by atoms with E-state index in [1.54, 1.807) is 25.3 Å². The maximum Gasteiger partial charge on any atom is 0.348 e. The molecule has 0 fully saturated rings. The minimum atomic E-state index is -0.598. The number of hydrogen-bond acceptors (Lipinski definition) is 9. The van der Waals surface area contributed by atoms with E-state index in [0.29, 0.717) is 10.7 Å². The first-order valence-corrected chi connectivity index (χ1v) is 10.4. The number of thioether (sulfide) groups is 1. The van der Waals surface area contributed by atoms with Gasteiger partial charge in [-0.05, 0) is 33.3 Å². The highest BCUT2D eigenvalue weighted by atomic mass is 32.2. The van der Waals surface area contributed by atoms with E-state index in [9.17, 15) is 14.4 Å². The van der Waals surface area contributed by atoms with E-state index < -0.39 is 11.9 Å². The highest BCUT2D eigenvalue weighted by Crippen LogP contribution is 2.34. The standard InChI is InChI=1S/C17H22N4O5S2/c1-6-25-15(23)12-9(3)13(16(24)26-7-2)28-14(12)18-11(22)8-27-17-20-19-10(4)21(17)5/h6-8H2,1-5H3,(H,18,22). The Balaban J connectivity index is 2.21. The second-order valence-electron chi connectivity index (χ2n) is 5.63. The number of aryl methyl sites for hydroxylation is 1. The second-order valence-corrected chi connectivity index (χ2v) is 7.59. The van der Waals surface area contributed by atoms with Crippen LogP contribution in [0.4, 0.5) is 5.00 Å². The fourth-order valence-corrected chi connectivity index (χ4v) is 4.11. The molecule has 2 aromatic rings. The van der Waals surface area contributed by atoms with Crippen molar-refractivity contribution in [2.75, 3.05) is 24.3 Å². The van der Waals surface area contributed by atoms with Crippen LogP contribution in [0.3, 0.4) is 0 Å². The SMILES string of the molecule is CCOC(=O)c1sc(NC(=O)CSc2nnc(C)n2C)c(C(=O)OCC)c1C. The Labute approximate surface area is 170 Å². The van der Waals surface area contributed by atoms with Crippen molar-refractivity contribution < 1.29 is 23.9 Å². The predicted octanol–water partition coefficient (Wildman–Crippen LogP) is 2.58. The molecule has 1 amide bonds. The van der Waals surface area contributed by atoms with Crippen LogP contribution >= 0.6 is 23.1 Å². The van der Waals surface area contributed by atoms with Crippen molar-refractivity contribution in [3.63, 3.8) is 0 Å². The van der Waals surface area contributed by atoms with Gasteiger partial charge in [0.1, 0.15) is 15.7 Å². The Morgan fingerprint density at radius 3 is 2.32 bits per heavy atom. The van der Waals surface area contributed by atoms with Crippen LogP contribution in [0.15, 0.2) is 5.16 Å². The van der Waals surface area contributed by atoms with Crippen LogP contribution in [-0.2, 0) is 21.3 Å². The number of carbonyl (C=O) groups is 3. The molecule has 0 spiro atoms. The Morgan fingerprint density at radius 2 is 1.75 bits per heavy atom. The van der Waals surface area contributed by atoms with Crippen LogP contribution in [0.2, 0.25) is 0 Å². The van der Waals surface area contributed by atoms with Gasteiger partial charge in [-0.15, -0.1) is 21.5 Å². The third kappa shape index (κ3) is 4.90. The average Bonchev–Trinajstić information content (AvgIpc) is 3.13. The molecule has 0 saturated heterocycles. The van der Waals surface area contributed by atoms with Gasteiger partial charge in [-0.1, -0.05) is 11.8 Å². The van der Waals surface area contributed by atoms with Crippen LogP contribution in [0.1, 0.15) is 45.3 Å². The van der Waals surface area contributed by atoms with Crippen molar-refractivity contribution >= 4 is 45.9 Å². The van der Waals surface area contributed by atoms with Crippen LogP contribution in [-0.4, -0.2) is 51.6 Å². The summed E-state index contributed by atoms with van der Waals surface area (Å²) in [4.78, 5) is 37.2. The fourth-order valence-electron chi connectivity index (χ4n) is 2.25. The maximum atomic E-state index is 12.4. The van der Waals surface area contributed by atoms with E-state index in [0.717, 1.165) is 17.2 Å². The molecule has 0 aliphatic rings. The number of amides is 1. The molecule has 28 heavy (non-hydrogen) atoms. The molecule has 0 aromatic carbocycles. The topological polar surface area (TPSA) is 112 Å². The molecule has 11 heteroatoms. The van der Waals surface area contributed by atoms with Crippen molar-refractivity contribution in [3.8, 4) is 0 Å². The van der Waals surface area contributed by atoms with Crippen LogP contribution in [0.5, 0.6) is 0 Å². The van der Waals surface area contributed by atoms with Gasteiger partial charge in [0.05, 0.1) is 24.5 Å². The number of nitrogens with zero attached hydrogens (tertiary/aromatic N) is 3. The number of ether oxygens (including phenoxy) is 2. The number of thiophene rings is 1. The molecule has 2 aromatic heterocycles. The molecule has 2 rings (SSSR count). The molecule has 0 unspecified atom stereocenters.